The molecule has 3 atom stereocenters. The van der Waals surface area contributed by atoms with E-state index >= 15 is 0 Å². The molecule has 1 amide bonds. The first-order valence-electron chi connectivity index (χ1n) is 7.68. The molecule has 21 heavy (non-hydrogen) atoms. The average molecular weight is 305 g/mol. The molecule has 3 rings (SSSR count). The van der Waals surface area contributed by atoms with Crippen LogP contribution in [0.2, 0.25) is 0 Å². The molecule has 4 nitrogen and oxygen atoms in total. The lowest BCUT2D eigenvalue weighted by atomic mass is 10.1. The van der Waals surface area contributed by atoms with Crippen LogP contribution in [0.25, 0.3) is 0 Å². The molecule has 2 heterocycles. The van der Waals surface area contributed by atoms with E-state index in [1.807, 2.05) is 18.7 Å². The lowest BCUT2D eigenvalue weighted by Gasteiger charge is -2.39. The van der Waals surface area contributed by atoms with E-state index in [2.05, 4.69) is 47.6 Å². The number of carbonyl (C=O) groups is 1. The van der Waals surface area contributed by atoms with Crippen molar-refractivity contribution in [3.63, 3.8) is 0 Å². The molecular weight excluding hydrogens is 282 g/mol. The monoisotopic (exact) mass is 305 g/mol. The second kappa shape index (κ2) is 5.89. The Balaban J connectivity index is 1.87. The standard InChI is InChI=1S/C16H23N3OS/c1-4-17-15-13-6-5-12(9-14(13)18-16(15)20)19-7-8-21-11(3)10(19)2/h5-6,9-11,15,17H,4,7-8H2,1-3H3,(H,18,20). The predicted molar refractivity (Wildman–Crippen MR) is 90.2 cm³/mol. The Morgan fingerprint density at radius 1 is 1.43 bits per heavy atom. The third-order valence-corrected chi connectivity index (χ3v) is 5.83. The highest BCUT2D eigenvalue weighted by Gasteiger charge is 2.31. The molecule has 5 heteroatoms. The van der Waals surface area contributed by atoms with Crippen molar-refractivity contribution in [2.75, 3.05) is 29.1 Å². The van der Waals surface area contributed by atoms with Gasteiger partial charge in [-0.25, -0.2) is 0 Å². The largest absolute Gasteiger partial charge is 0.367 e. The van der Waals surface area contributed by atoms with E-state index in [1.54, 1.807) is 0 Å². The normalized spacial score (nSPS) is 28.4. The van der Waals surface area contributed by atoms with E-state index in [0.29, 0.717) is 11.3 Å². The van der Waals surface area contributed by atoms with Gasteiger partial charge < -0.3 is 15.5 Å². The van der Waals surface area contributed by atoms with Crippen LogP contribution >= 0.6 is 11.8 Å². The number of nitrogens with one attached hydrogen (secondary N) is 2. The van der Waals surface area contributed by atoms with Crippen molar-refractivity contribution in [1.82, 2.24) is 5.32 Å². The number of carbonyl (C=O) groups excluding carboxylic acids is 1. The van der Waals surface area contributed by atoms with Gasteiger partial charge in [-0.15, -0.1) is 0 Å². The van der Waals surface area contributed by atoms with Crippen molar-refractivity contribution in [3.05, 3.63) is 23.8 Å². The van der Waals surface area contributed by atoms with Crippen LogP contribution in [0.1, 0.15) is 32.4 Å². The van der Waals surface area contributed by atoms with Gasteiger partial charge in [0.1, 0.15) is 6.04 Å². The fourth-order valence-corrected chi connectivity index (χ4v) is 4.23. The van der Waals surface area contributed by atoms with E-state index in [4.69, 9.17) is 0 Å². The highest BCUT2D eigenvalue weighted by molar-refractivity contribution is 8.00. The topological polar surface area (TPSA) is 44.4 Å². The molecule has 0 bridgehead atoms. The molecule has 2 aliphatic heterocycles. The van der Waals surface area contributed by atoms with Gasteiger partial charge in [0.05, 0.1) is 0 Å². The quantitative estimate of drug-likeness (QED) is 0.901. The maximum Gasteiger partial charge on any atom is 0.246 e. The first kappa shape index (κ1) is 14.7. The first-order chi connectivity index (χ1) is 10.1. The Hall–Kier alpha value is -1.20. The van der Waals surface area contributed by atoms with E-state index < -0.39 is 0 Å². The number of benzene rings is 1. The molecule has 0 spiro atoms. The Labute approximate surface area is 130 Å². The first-order valence-corrected chi connectivity index (χ1v) is 8.73. The van der Waals surface area contributed by atoms with Crippen LogP contribution in [0, 0.1) is 0 Å². The summed E-state index contributed by atoms with van der Waals surface area (Å²) in [6.07, 6.45) is 0. The molecule has 0 radical (unpaired) electrons. The molecule has 2 aliphatic rings. The van der Waals surface area contributed by atoms with Gasteiger partial charge in [-0.1, -0.05) is 19.9 Å². The maximum atomic E-state index is 12.0. The lowest BCUT2D eigenvalue weighted by molar-refractivity contribution is -0.117. The van der Waals surface area contributed by atoms with Gasteiger partial charge in [-0.05, 0) is 25.6 Å². The van der Waals surface area contributed by atoms with Gasteiger partial charge in [0.25, 0.3) is 0 Å². The summed E-state index contributed by atoms with van der Waals surface area (Å²) in [5, 5.41) is 6.88. The molecule has 3 unspecified atom stereocenters. The van der Waals surface area contributed by atoms with Gasteiger partial charge in [0, 0.05) is 40.5 Å². The molecule has 0 aromatic heterocycles. The zero-order chi connectivity index (χ0) is 15.0. The Morgan fingerprint density at radius 3 is 3.00 bits per heavy atom. The highest BCUT2D eigenvalue weighted by atomic mass is 32.2. The number of hydrogen-bond donors (Lipinski definition) is 2. The Kier molecular flexibility index (Phi) is 4.13. The number of rotatable bonds is 3. The minimum atomic E-state index is -0.202. The summed E-state index contributed by atoms with van der Waals surface area (Å²) in [6, 6.07) is 6.69. The Bertz CT molecular complexity index is 548. The number of anilines is 2. The summed E-state index contributed by atoms with van der Waals surface area (Å²) in [5.74, 6) is 1.22. The molecule has 1 saturated heterocycles. The molecular formula is C16H23N3OS. The summed E-state index contributed by atoms with van der Waals surface area (Å²) in [5.41, 5.74) is 3.24. The van der Waals surface area contributed by atoms with Crippen LogP contribution in [0.3, 0.4) is 0 Å². The Morgan fingerprint density at radius 2 is 2.24 bits per heavy atom. The third kappa shape index (κ3) is 2.64. The molecule has 1 aromatic rings. The number of hydrogen-bond acceptors (Lipinski definition) is 4. The van der Waals surface area contributed by atoms with Crippen LogP contribution in [0.4, 0.5) is 11.4 Å². The molecule has 0 saturated carbocycles. The van der Waals surface area contributed by atoms with Crippen LogP contribution in [0.15, 0.2) is 18.2 Å². The van der Waals surface area contributed by atoms with Crippen molar-refractivity contribution in [2.24, 2.45) is 0 Å². The molecule has 1 aromatic carbocycles. The minimum absolute atomic E-state index is 0.0552. The van der Waals surface area contributed by atoms with Crippen molar-refractivity contribution in [3.8, 4) is 0 Å². The van der Waals surface area contributed by atoms with E-state index in [0.717, 1.165) is 30.1 Å². The third-order valence-electron chi connectivity index (χ3n) is 4.49. The smallest absolute Gasteiger partial charge is 0.246 e. The maximum absolute atomic E-state index is 12.0. The zero-order valence-corrected chi connectivity index (χ0v) is 13.7. The van der Waals surface area contributed by atoms with Gasteiger partial charge in [-0.2, -0.15) is 11.8 Å². The van der Waals surface area contributed by atoms with E-state index in [9.17, 15) is 4.79 Å². The van der Waals surface area contributed by atoms with E-state index in [-0.39, 0.29) is 11.9 Å². The number of fused-ring (bicyclic) bond motifs is 1. The molecule has 114 valence electrons. The van der Waals surface area contributed by atoms with Crippen molar-refractivity contribution < 1.29 is 4.79 Å². The van der Waals surface area contributed by atoms with Crippen molar-refractivity contribution >= 4 is 29.0 Å². The number of thioether (sulfide) groups is 1. The number of likely N-dealkylation sites (N-methyl/N-ethyl adjacent to an activating group) is 1. The minimum Gasteiger partial charge on any atom is -0.367 e. The average Bonchev–Trinajstić information content (AvgIpc) is 2.78. The van der Waals surface area contributed by atoms with Crippen LogP contribution < -0.4 is 15.5 Å². The summed E-state index contributed by atoms with van der Waals surface area (Å²) in [6.45, 7) is 8.45. The van der Waals surface area contributed by atoms with Crippen LogP contribution in [-0.4, -0.2) is 36.0 Å². The summed E-state index contributed by atoms with van der Waals surface area (Å²) in [4.78, 5) is 14.5. The number of nitrogens with zero attached hydrogens (tertiary/aromatic N) is 1. The van der Waals surface area contributed by atoms with Gasteiger partial charge in [0.2, 0.25) is 5.91 Å². The zero-order valence-electron chi connectivity index (χ0n) is 12.8. The van der Waals surface area contributed by atoms with Crippen LogP contribution in [-0.2, 0) is 4.79 Å². The van der Waals surface area contributed by atoms with Gasteiger partial charge >= 0.3 is 0 Å². The number of amides is 1. The fraction of sp³-hybridized carbons (Fsp3) is 0.562. The SMILES string of the molecule is CCNC1C(=O)Nc2cc(N3CCSC(C)C3C)ccc21. The lowest BCUT2D eigenvalue weighted by Crippen LogP contribution is -2.44. The van der Waals surface area contributed by atoms with Crippen molar-refractivity contribution in [2.45, 2.75) is 38.1 Å². The highest BCUT2D eigenvalue weighted by Crippen LogP contribution is 2.36. The predicted octanol–water partition coefficient (Wildman–Crippen LogP) is 2.62. The molecule has 1 fully saturated rings. The second-order valence-corrected chi connectivity index (χ2v) is 7.25. The van der Waals surface area contributed by atoms with Crippen LogP contribution in [0.5, 0.6) is 0 Å². The van der Waals surface area contributed by atoms with Crippen molar-refractivity contribution in [1.29, 1.82) is 0 Å². The second-order valence-electron chi connectivity index (χ2n) is 5.76. The molecule has 2 N–H and O–H groups in total. The van der Waals surface area contributed by atoms with Gasteiger partial charge in [-0.3, -0.25) is 4.79 Å². The summed E-state index contributed by atoms with van der Waals surface area (Å²) >= 11 is 2.04. The van der Waals surface area contributed by atoms with Gasteiger partial charge in [0.15, 0.2) is 0 Å². The summed E-state index contributed by atoms with van der Waals surface area (Å²) in [7, 11) is 0. The molecule has 0 aliphatic carbocycles. The van der Waals surface area contributed by atoms with E-state index in [1.165, 1.54) is 5.69 Å². The fourth-order valence-electron chi connectivity index (χ4n) is 3.13. The summed E-state index contributed by atoms with van der Waals surface area (Å²) < 4.78 is 0.